The van der Waals surface area contributed by atoms with Gasteiger partial charge in [-0.25, -0.2) is 14.4 Å². The lowest BCUT2D eigenvalue weighted by atomic mass is 10.8. The zero-order valence-electron chi connectivity index (χ0n) is 14.5. The van der Waals surface area contributed by atoms with Crippen LogP contribution < -0.4 is 16.0 Å². The monoisotopic (exact) mass is 350 g/mol. The number of nitrogens with one attached hydrogen (secondary N) is 3. The normalized spacial score (nSPS) is 10.5. The van der Waals surface area contributed by atoms with E-state index in [9.17, 15) is 18.9 Å². The highest BCUT2D eigenvalue weighted by Gasteiger charge is 2.31. The molecule has 0 bridgehead atoms. The lowest BCUT2D eigenvalue weighted by molar-refractivity contribution is 0.212. The average molecular weight is 350 g/mol. The Kier molecular flexibility index (Phi) is 8.45. The molecule has 0 aromatic carbocycles. The van der Waals surface area contributed by atoms with Crippen molar-refractivity contribution in [1.29, 1.82) is 0 Å². The fourth-order valence-electron chi connectivity index (χ4n) is 2.06. The van der Waals surface area contributed by atoms with Gasteiger partial charge in [0, 0.05) is 42.3 Å². The smallest absolute Gasteiger partial charge is 0.317 e. The van der Waals surface area contributed by atoms with Gasteiger partial charge in [0.05, 0.1) is 18.9 Å². The minimum atomic E-state index is -3.09. The molecule has 0 saturated heterocycles. The number of rotatable bonds is 6. The second-order valence-electron chi connectivity index (χ2n) is 5.24. The third kappa shape index (κ3) is 6.77. The van der Waals surface area contributed by atoms with Gasteiger partial charge >= 0.3 is 18.1 Å². The number of urea groups is 3. The minimum absolute atomic E-state index is 0.0602. The molecule has 134 valence electrons. The highest BCUT2D eigenvalue weighted by molar-refractivity contribution is 7.63. The summed E-state index contributed by atoms with van der Waals surface area (Å²) < 4.78 is 13.2. The third-order valence-corrected chi connectivity index (χ3v) is 5.91. The van der Waals surface area contributed by atoms with Crippen LogP contribution in [0.25, 0.3) is 0 Å². The molecule has 0 atom stereocenters. The zero-order chi connectivity index (χ0) is 18.2. The van der Waals surface area contributed by atoms with Gasteiger partial charge in [0.1, 0.15) is 7.14 Å². The Morgan fingerprint density at radius 3 is 1.09 bits per heavy atom. The summed E-state index contributed by atoms with van der Waals surface area (Å²) in [4.78, 5) is 38.8. The molecule has 0 aliphatic heterocycles. The van der Waals surface area contributed by atoms with Crippen molar-refractivity contribution in [3.8, 4) is 0 Å². The SMILES string of the molecule is CNC(=O)N(C)CP(=O)(CN(C)C(=O)NC)CN(C)C(=O)NC. The molecule has 6 amide bonds. The van der Waals surface area contributed by atoms with Gasteiger partial charge in [-0.05, 0) is 0 Å². The van der Waals surface area contributed by atoms with Crippen LogP contribution in [0, 0.1) is 0 Å². The predicted octanol–water partition coefficient (Wildman–Crippen LogP) is 0.0356. The molecule has 0 rings (SSSR count). The molecule has 11 heteroatoms. The van der Waals surface area contributed by atoms with Gasteiger partial charge in [0.15, 0.2) is 0 Å². The lowest BCUT2D eigenvalue weighted by Gasteiger charge is -2.31. The Morgan fingerprint density at radius 2 is 0.913 bits per heavy atom. The first kappa shape index (κ1) is 21.0. The summed E-state index contributed by atoms with van der Waals surface area (Å²) in [5, 5.41) is 7.33. The number of nitrogens with zero attached hydrogens (tertiary/aromatic N) is 3. The summed E-state index contributed by atoms with van der Waals surface area (Å²) in [5.74, 6) is 0. The number of carbonyl (C=O) groups excluding carboxylic acids is 3. The maximum atomic E-state index is 13.2. The molecule has 0 aliphatic rings. The summed E-state index contributed by atoms with van der Waals surface area (Å²) in [6, 6.07) is -1.18. The Balaban J connectivity index is 5.25. The van der Waals surface area contributed by atoms with Crippen molar-refractivity contribution in [2.45, 2.75) is 0 Å². The van der Waals surface area contributed by atoms with Gasteiger partial charge in [-0.3, -0.25) is 0 Å². The first-order valence-electron chi connectivity index (χ1n) is 6.95. The fourth-order valence-corrected chi connectivity index (χ4v) is 5.03. The molecular weight excluding hydrogens is 323 g/mol. The zero-order valence-corrected chi connectivity index (χ0v) is 15.4. The van der Waals surface area contributed by atoms with Crippen LogP contribution in [0.4, 0.5) is 14.4 Å². The van der Waals surface area contributed by atoms with Crippen LogP contribution in [0.2, 0.25) is 0 Å². The van der Waals surface area contributed by atoms with Gasteiger partial charge in [-0.15, -0.1) is 0 Å². The largest absolute Gasteiger partial charge is 0.341 e. The summed E-state index contributed by atoms with van der Waals surface area (Å²) >= 11 is 0. The van der Waals surface area contributed by atoms with Crippen molar-refractivity contribution in [3.05, 3.63) is 0 Å². The molecule has 10 nitrogen and oxygen atoms in total. The van der Waals surface area contributed by atoms with E-state index in [0.717, 1.165) is 0 Å². The molecular formula is C12H27N6O4P. The van der Waals surface area contributed by atoms with E-state index in [2.05, 4.69) is 16.0 Å². The first-order valence-corrected chi connectivity index (χ1v) is 9.22. The van der Waals surface area contributed by atoms with E-state index in [0.29, 0.717) is 0 Å². The number of hydrogen-bond donors (Lipinski definition) is 3. The molecule has 0 aliphatic carbocycles. The molecule has 0 radical (unpaired) electrons. The summed E-state index contributed by atoms with van der Waals surface area (Å²) in [5.41, 5.74) is 0. The van der Waals surface area contributed by atoms with Crippen molar-refractivity contribution in [2.75, 3.05) is 61.1 Å². The second-order valence-corrected chi connectivity index (χ2v) is 8.21. The topological polar surface area (TPSA) is 114 Å². The fraction of sp³-hybridized carbons (Fsp3) is 0.750. The van der Waals surface area contributed by atoms with Crippen LogP contribution in [0.15, 0.2) is 0 Å². The van der Waals surface area contributed by atoms with Gasteiger partial charge in [-0.2, -0.15) is 0 Å². The van der Waals surface area contributed by atoms with E-state index in [1.54, 1.807) is 0 Å². The van der Waals surface area contributed by atoms with Crippen molar-refractivity contribution in [2.24, 2.45) is 0 Å². The van der Waals surface area contributed by atoms with Crippen molar-refractivity contribution in [3.63, 3.8) is 0 Å². The molecule has 0 fully saturated rings. The van der Waals surface area contributed by atoms with Crippen molar-refractivity contribution >= 4 is 25.2 Å². The highest BCUT2D eigenvalue weighted by Crippen LogP contribution is 2.46. The number of hydrogen-bond acceptors (Lipinski definition) is 4. The summed E-state index contributed by atoms with van der Waals surface area (Å²) in [6.45, 7) is 0. The second kappa shape index (κ2) is 9.24. The molecule has 0 saturated carbocycles. The van der Waals surface area contributed by atoms with Crippen molar-refractivity contribution < 1.29 is 18.9 Å². The van der Waals surface area contributed by atoms with Crippen LogP contribution >= 0.6 is 7.14 Å². The Labute approximate surface area is 136 Å². The quantitative estimate of drug-likeness (QED) is 0.587. The Hall–Kier alpha value is -1.96. The predicted molar refractivity (Wildman–Crippen MR) is 88.9 cm³/mol. The lowest BCUT2D eigenvalue weighted by Crippen LogP contribution is -2.42. The minimum Gasteiger partial charge on any atom is -0.341 e. The van der Waals surface area contributed by atoms with Crippen LogP contribution in [0.3, 0.4) is 0 Å². The molecule has 23 heavy (non-hydrogen) atoms. The van der Waals surface area contributed by atoms with Crippen molar-refractivity contribution in [1.82, 2.24) is 30.7 Å². The highest BCUT2D eigenvalue weighted by atomic mass is 31.2. The van der Waals surface area contributed by atoms with E-state index in [-0.39, 0.29) is 18.9 Å². The third-order valence-electron chi connectivity index (χ3n) is 3.09. The summed E-state index contributed by atoms with van der Waals surface area (Å²) in [7, 11) is 5.83. The van der Waals surface area contributed by atoms with Crippen LogP contribution in [-0.2, 0) is 4.57 Å². The molecule has 0 heterocycles. The van der Waals surface area contributed by atoms with Crippen LogP contribution in [0.1, 0.15) is 0 Å². The molecule has 0 aromatic heterocycles. The molecule has 0 spiro atoms. The van der Waals surface area contributed by atoms with E-state index >= 15 is 0 Å². The Morgan fingerprint density at radius 1 is 0.696 bits per heavy atom. The standard InChI is InChI=1S/C12H27N6O4P/c1-13-10(19)16(4)7-23(22,8-17(5)11(20)14-2)9-18(6)12(21)15-3/h7-9H2,1-6H3,(H,13,19)(H,14,20)(H,15,21). The van der Waals surface area contributed by atoms with E-state index in [4.69, 9.17) is 0 Å². The maximum Gasteiger partial charge on any atom is 0.317 e. The molecule has 0 aromatic rings. The summed E-state index contributed by atoms with van der Waals surface area (Å²) in [6.07, 6.45) is -0.181. The van der Waals surface area contributed by atoms with E-state index < -0.39 is 25.2 Å². The average Bonchev–Trinajstić information content (AvgIpc) is 2.51. The van der Waals surface area contributed by atoms with Gasteiger partial charge in [0.25, 0.3) is 0 Å². The van der Waals surface area contributed by atoms with Gasteiger partial charge in [0.2, 0.25) is 0 Å². The van der Waals surface area contributed by atoms with Crippen LogP contribution in [0.5, 0.6) is 0 Å². The van der Waals surface area contributed by atoms with Gasteiger partial charge in [-0.1, -0.05) is 0 Å². The number of amides is 6. The number of carbonyl (C=O) groups is 3. The Bertz CT molecular complexity index is 420. The van der Waals surface area contributed by atoms with E-state index in [1.165, 1.54) is 57.0 Å². The molecule has 3 N–H and O–H groups in total. The van der Waals surface area contributed by atoms with E-state index in [1.807, 2.05) is 0 Å². The van der Waals surface area contributed by atoms with Gasteiger partial charge < -0.3 is 35.2 Å². The first-order chi connectivity index (χ1) is 10.6. The molecule has 0 unspecified atom stereocenters. The van der Waals surface area contributed by atoms with Crippen LogP contribution in [-0.4, -0.2) is 93.9 Å². The maximum absolute atomic E-state index is 13.2.